The molecule has 3 aromatic rings. The normalized spacial score (nSPS) is 18.1. The number of likely N-dealkylation sites (tertiary alicyclic amines) is 1. The summed E-state index contributed by atoms with van der Waals surface area (Å²) in [5.74, 6) is -3.56. The number of carbonyl (C=O) groups is 1. The first-order valence-corrected chi connectivity index (χ1v) is 12.0. The summed E-state index contributed by atoms with van der Waals surface area (Å²) >= 11 is 0. The van der Waals surface area contributed by atoms with Crippen LogP contribution < -0.4 is 10.1 Å². The summed E-state index contributed by atoms with van der Waals surface area (Å²) in [6.45, 7) is -1.04. The van der Waals surface area contributed by atoms with E-state index in [9.17, 15) is 35.5 Å². The van der Waals surface area contributed by atoms with Gasteiger partial charge in [-0.25, -0.2) is 22.4 Å². The Morgan fingerprint density at radius 2 is 1.73 bits per heavy atom. The van der Waals surface area contributed by atoms with Crippen LogP contribution in [0.2, 0.25) is 0 Å². The Labute approximate surface area is 225 Å². The van der Waals surface area contributed by atoms with Crippen molar-refractivity contribution < 1.29 is 40.3 Å². The third-order valence-corrected chi connectivity index (χ3v) is 6.72. The number of benzene rings is 3. The number of carbonyl (C=O) groups excluding carboxylic acids is 1. The van der Waals surface area contributed by atoms with Gasteiger partial charge in [-0.2, -0.15) is 13.2 Å². The van der Waals surface area contributed by atoms with Crippen molar-refractivity contribution >= 4 is 6.03 Å². The monoisotopic (exact) mass is 564 g/mol. The fourth-order valence-electron chi connectivity index (χ4n) is 4.82. The maximum atomic E-state index is 14.8. The van der Waals surface area contributed by atoms with E-state index in [4.69, 9.17) is 11.2 Å². The van der Waals surface area contributed by atoms with E-state index < -0.39 is 59.9 Å². The SMILES string of the molecule is C#C[C@@H]1CC(F)(F)CN1C(=O)N[C@@](Cc1ccccc1)(c1cc(F)cc(C(F)(F)F)c1)c1ccc(F)c(OC)c1. The molecule has 11 heteroatoms. The van der Waals surface area contributed by atoms with Gasteiger partial charge in [0.2, 0.25) is 0 Å². The zero-order chi connectivity index (χ0) is 29.3. The predicted octanol–water partition coefficient (Wildman–Crippen LogP) is 6.53. The van der Waals surface area contributed by atoms with E-state index in [0.717, 1.165) is 25.3 Å². The van der Waals surface area contributed by atoms with Crippen LogP contribution in [0.1, 0.15) is 28.7 Å². The smallest absolute Gasteiger partial charge is 0.416 e. The molecular weight excluding hydrogens is 541 g/mol. The molecule has 3 aromatic carbocycles. The van der Waals surface area contributed by atoms with Gasteiger partial charge in [0.15, 0.2) is 11.6 Å². The Kier molecular flexibility index (Phi) is 7.74. The summed E-state index contributed by atoms with van der Waals surface area (Å²) in [5, 5.41) is 2.58. The topological polar surface area (TPSA) is 41.6 Å². The lowest BCUT2D eigenvalue weighted by Gasteiger charge is -2.38. The van der Waals surface area contributed by atoms with Gasteiger partial charge < -0.3 is 15.0 Å². The second kappa shape index (κ2) is 10.8. The second-order valence-corrected chi connectivity index (χ2v) is 9.44. The van der Waals surface area contributed by atoms with Gasteiger partial charge in [-0.1, -0.05) is 42.3 Å². The second-order valence-electron chi connectivity index (χ2n) is 9.44. The van der Waals surface area contributed by atoms with Crippen LogP contribution in [0, 0.1) is 24.0 Å². The Morgan fingerprint density at radius 1 is 1.05 bits per heavy atom. The molecule has 4 nitrogen and oxygen atoms in total. The molecule has 1 aliphatic rings. The fraction of sp³-hybridized carbons (Fsp3) is 0.276. The number of urea groups is 1. The molecule has 40 heavy (non-hydrogen) atoms. The minimum Gasteiger partial charge on any atom is -0.494 e. The van der Waals surface area contributed by atoms with Crippen molar-refractivity contribution in [3.63, 3.8) is 0 Å². The van der Waals surface area contributed by atoms with Gasteiger partial charge in [0, 0.05) is 12.8 Å². The van der Waals surface area contributed by atoms with Crippen LogP contribution in [0.15, 0.2) is 66.7 Å². The molecule has 0 saturated carbocycles. The molecule has 0 spiro atoms. The van der Waals surface area contributed by atoms with Crippen LogP contribution in [-0.2, 0) is 18.1 Å². The van der Waals surface area contributed by atoms with Crippen LogP contribution in [-0.4, -0.2) is 36.5 Å². The number of nitrogens with zero attached hydrogens (tertiary/aromatic N) is 1. The lowest BCUT2D eigenvalue weighted by atomic mass is 9.77. The van der Waals surface area contributed by atoms with Crippen molar-refractivity contribution in [3.8, 4) is 18.1 Å². The van der Waals surface area contributed by atoms with Gasteiger partial charge in [0.25, 0.3) is 5.92 Å². The molecule has 1 fully saturated rings. The zero-order valence-corrected chi connectivity index (χ0v) is 21.0. The average Bonchev–Trinajstić information content (AvgIpc) is 3.23. The Bertz CT molecular complexity index is 1440. The van der Waals surface area contributed by atoms with E-state index in [1.807, 2.05) is 0 Å². The van der Waals surface area contributed by atoms with E-state index in [-0.39, 0.29) is 23.3 Å². The molecule has 0 unspecified atom stereocenters. The molecule has 1 heterocycles. The van der Waals surface area contributed by atoms with Crippen LogP contribution in [0.4, 0.5) is 35.5 Å². The van der Waals surface area contributed by atoms with Crippen molar-refractivity contribution in [2.24, 2.45) is 0 Å². The standard InChI is InChI=1S/C29H23F7N2O2/c1-3-23-16-27(32,33)17-38(23)26(39)37-28(15-18-7-5-4-6-8-18,19-9-10-24(31)25(14-19)40-2)20-11-21(29(34,35)36)13-22(30)12-20/h1,4-14,23H,15-17H2,2H3,(H,37,39)/t23-,28-/m1/s1. The molecule has 1 N–H and O–H groups in total. The zero-order valence-electron chi connectivity index (χ0n) is 21.0. The van der Waals surface area contributed by atoms with E-state index in [0.29, 0.717) is 22.6 Å². The van der Waals surface area contributed by atoms with Crippen LogP contribution in [0.5, 0.6) is 5.75 Å². The third-order valence-electron chi connectivity index (χ3n) is 6.72. The number of halogens is 7. The number of hydrogen-bond donors (Lipinski definition) is 1. The number of methoxy groups -OCH3 is 1. The van der Waals surface area contributed by atoms with Crippen molar-refractivity contribution in [2.45, 2.75) is 36.5 Å². The number of terminal acetylenes is 1. The number of amides is 2. The van der Waals surface area contributed by atoms with E-state index in [1.165, 1.54) is 6.07 Å². The maximum Gasteiger partial charge on any atom is 0.416 e. The van der Waals surface area contributed by atoms with Gasteiger partial charge in [0.1, 0.15) is 11.9 Å². The van der Waals surface area contributed by atoms with Crippen LogP contribution in [0.3, 0.4) is 0 Å². The van der Waals surface area contributed by atoms with Gasteiger partial charge in [-0.05, 0) is 47.0 Å². The number of alkyl halides is 5. The molecular formula is C29H23F7N2O2. The fourth-order valence-corrected chi connectivity index (χ4v) is 4.82. The highest BCUT2D eigenvalue weighted by atomic mass is 19.4. The summed E-state index contributed by atoms with van der Waals surface area (Å²) in [7, 11) is 1.16. The van der Waals surface area contributed by atoms with Crippen LogP contribution in [0.25, 0.3) is 0 Å². The average molecular weight is 565 g/mol. The van der Waals surface area contributed by atoms with Crippen LogP contribution >= 0.6 is 0 Å². The summed E-state index contributed by atoms with van der Waals surface area (Å²) in [6.07, 6.45) is -0.662. The Hall–Kier alpha value is -4.20. The van der Waals surface area contributed by atoms with Gasteiger partial charge in [-0.3, -0.25) is 0 Å². The highest BCUT2D eigenvalue weighted by Crippen LogP contribution is 2.40. The largest absolute Gasteiger partial charge is 0.494 e. The summed E-state index contributed by atoms with van der Waals surface area (Å²) < 4.78 is 104. The van der Waals surface area contributed by atoms with Crippen molar-refractivity contribution in [3.05, 3.63) is 101 Å². The molecule has 0 aromatic heterocycles. The van der Waals surface area contributed by atoms with Crippen molar-refractivity contribution in [1.82, 2.24) is 10.2 Å². The van der Waals surface area contributed by atoms with Crippen molar-refractivity contribution in [1.29, 1.82) is 0 Å². The number of hydrogen-bond acceptors (Lipinski definition) is 2. The summed E-state index contributed by atoms with van der Waals surface area (Å²) in [4.78, 5) is 14.3. The van der Waals surface area contributed by atoms with E-state index in [1.54, 1.807) is 30.3 Å². The molecule has 0 aliphatic carbocycles. The first kappa shape index (κ1) is 28.8. The highest BCUT2D eigenvalue weighted by molar-refractivity contribution is 5.78. The number of rotatable bonds is 6. The molecule has 0 bridgehead atoms. The van der Waals surface area contributed by atoms with E-state index in [2.05, 4.69) is 11.2 Å². The minimum atomic E-state index is -4.97. The van der Waals surface area contributed by atoms with Gasteiger partial charge in [0.05, 0.1) is 24.8 Å². The molecule has 2 amide bonds. The molecule has 1 saturated heterocycles. The lowest BCUT2D eigenvalue weighted by molar-refractivity contribution is -0.137. The summed E-state index contributed by atoms with van der Waals surface area (Å²) in [5.41, 5.74) is -3.26. The molecule has 1 aliphatic heterocycles. The molecule has 210 valence electrons. The van der Waals surface area contributed by atoms with Gasteiger partial charge >= 0.3 is 12.2 Å². The quantitative estimate of drug-likeness (QED) is 0.273. The Morgan fingerprint density at radius 3 is 2.35 bits per heavy atom. The minimum absolute atomic E-state index is 0.00453. The lowest BCUT2D eigenvalue weighted by Crippen LogP contribution is -2.54. The summed E-state index contributed by atoms with van der Waals surface area (Å²) in [6, 6.07) is 10.8. The maximum absolute atomic E-state index is 14.8. The van der Waals surface area contributed by atoms with E-state index >= 15 is 0 Å². The Balaban J connectivity index is 1.99. The highest BCUT2D eigenvalue weighted by Gasteiger charge is 2.49. The number of ether oxygens (including phenoxy) is 1. The molecule has 2 atom stereocenters. The third kappa shape index (κ3) is 5.86. The predicted molar refractivity (Wildman–Crippen MR) is 133 cm³/mol. The number of nitrogens with one attached hydrogen (secondary N) is 1. The molecule has 0 radical (unpaired) electrons. The first-order valence-electron chi connectivity index (χ1n) is 12.0. The molecule has 4 rings (SSSR count). The van der Waals surface area contributed by atoms with Gasteiger partial charge in [-0.15, -0.1) is 6.42 Å². The van der Waals surface area contributed by atoms with Crippen molar-refractivity contribution in [2.75, 3.05) is 13.7 Å². The first-order chi connectivity index (χ1) is 18.8.